The van der Waals surface area contributed by atoms with Crippen LogP contribution < -0.4 is 0 Å². The van der Waals surface area contributed by atoms with Gasteiger partial charge in [-0.2, -0.15) is 0 Å². The first-order chi connectivity index (χ1) is 5.61. The number of carboxylic acid groups (broad SMARTS) is 2. The summed E-state index contributed by atoms with van der Waals surface area (Å²) < 4.78 is 0. The fourth-order valence-corrected chi connectivity index (χ4v) is 0.755. The molecule has 5 nitrogen and oxygen atoms in total. The van der Waals surface area contributed by atoms with Gasteiger partial charge in [0.25, 0.3) is 0 Å². The summed E-state index contributed by atoms with van der Waals surface area (Å²) in [5, 5.41) is 16.9. The van der Waals surface area contributed by atoms with Crippen LogP contribution in [0.1, 0.15) is 20.7 Å². The van der Waals surface area contributed by atoms with Crippen molar-refractivity contribution < 1.29 is 36.3 Å². The predicted molar refractivity (Wildman–Crippen MR) is 45.6 cm³/mol. The molecule has 0 saturated heterocycles. The molecule has 0 aliphatic carbocycles. The third-order valence-electron chi connectivity index (χ3n) is 1.38. The molecule has 1 rings (SSSR count). The first-order valence-electron chi connectivity index (χ1n) is 3.18. The zero-order valence-corrected chi connectivity index (χ0v) is 7.90. The average Bonchev–Trinajstić information content (AvgIpc) is 2.04. The smallest absolute Gasteiger partial charge is 0.335 e. The van der Waals surface area contributed by atoms with Gasteiger partial charge >= 0.3 is 11.9 Å². The van der Waals surface area contributed by atoms with Crippen LogP contribution >= 0.6 is 0 Å². The molecule has 0 saturated carbocycles. The van der Waals surface area contributed by atoms with Gasteiger partial charge in [-0.3, -0.25) is 0 Å². The van der Waals surface area contributed by atoms with Crippen molar-refractivity contribution in [3.8, 4) is 0 Å². The molecule has 0 unspecified atom stereocenters. The Balaban J connectivity index is 0. The number of carboxylic acids is 2. The molecule has 1 aromatic rings. The minimum Gasteiger partial charge on any atom is -0.693 e. The molecular formula is C8H8NNiO4-. The van der Waals surface area contributed by atoms with E-state index in [0.29, 0.717) is 0 Å². The fraction of sp³-hybridized carbons (Fsp3) is 0. The number of hydrogen-bond donors (Lipinski definition) is 2. The van der Waals surface area contributed by atoms with E-state index >= 15 is 0 Å². The number of aromatic carboxylic acids is 2. The zero-order valence-electron chi connectivity index (χ0n) is 6.91. The van der Waals surface area contributed by atoms with Gasteiger partial charge in [-0.15, -0.1) is 0 Å². The molecule has 0 atom stereocenters. The van der Waals surface area contributed by atoms with Crippen LogP contribution in [0.5, 0.6) is 0 Å². The van der Waals surface area contributed by atoms with Crippen LogP contribution in [0, 0.1) is 0 Å². The van der Waals surface area contributed by atoms with Gasteiger partial charge in [-0.05, 0) is 24.3 Å². The Morgan fingerprint density at radius 3 is 1.21 bits per heavy atom. The van der Waals surface area contributed by atoms with E-state index in [0.717, 1.165) is 0 Å². The largest absolute Gasteiger partial charge is 0.693 e. The normalized spacial score (nSPS) is 8.00. The standard InChI is InChI=1S/C8H6O4.H2N.Ni/c9-7(10)5-1-2-6(4-3-5)8(11)12;;/h1-4H,(H,9,10)(H,11,12);1H2;/q;-1;. The van der Waals surface area contributed by atoms with Crippen molar-refractivity contribution in [1.82, 2.24) is 0 Å². The van der Waals surface area contributed by atoms with Crippen LogP contribution in [-0.4, -0.2) is 22.2 Å². The van der Waals surface area contributed by atoms with Crippen molar-refractivity contribution in [1.29, 1.82) is 0 Å². The SMILES string of the molecule is O=C(O)c1ccc(C(=O)O)cc1.[NH2-].[Ni]. The molecule has 0 aromatic heterocycles. The molecule has 6 heteroatoms. The van der Waals surface area contributed by atoms with E-state index in [1.54, 1.807) is 0 Å². The molecule has 0 amide bonds. The summed E-state index contributed by atoms with van der Waals surface area (Å²) in [7, 11) is 0. The molecule has 0 fully saturated rings. The maximum atomic E-state index is 10.3. The van der Waals surface area contributed by atoms with Gasteiger partial charge in [0.2, 0.25) is 0 Å². The Hall–Kier alpha value is -1.39. The summed E-state index contributed by atoms with van der Waals surface area (Å²) in [6.45, 7) is 0. The third-order valence-corrected chi connectivity index (χ3v) is 1.38. The van der Waals surface area contributed by atoms with E-state index in [2.05, 4.69) is 0 Å². The van der Waals surface area contributed by atoms with Gasteiger partial charge in [-0.1, -0.05) is 0 Å². The second-order valence-corrected chi connectivity index (χ2v) is 2.19. The molecule has 0 aliphatic heterocycles. The van der Waals surface area contributed by atoms with Gasteiger partial charge in [0.1, 0.15) is 0 Å². The van der Waals surface area contributed by atoms with Crippen molar-refractivity contribution in [3.05, 3.63) is 41.5 Å². The number of hydrogen-bond acceptors (Lipinski definition) is 2. The summed E-state index contributed by atoms with van der Waals surface area (Å²) in [5.74, 6) is -2.13. The van der Waals surface area contributed by atoms with Crippen LogP contribution in [0.3, 0.4) is 0 Å². The average molecular weight is 241 g/mol. The Bertz CT molecular complexity index is 290. The zero-order chi connectivity index (χ0) is 9.14. The van der Waals surface area contributed by atoms with Crippen molar-refractivity contribution >= 4 is 11.9 Å². The number of nitrogens with two attached hydrogens (primary N) is 1. The van der Waals surface area contributed by atoms with Gasteiger partial charge in [0, 0.05) is 16.5 Å². The molecule has 80 valence electrons. The second-order valence-electron chi connectivity index (χ2n) is 2.19. The first kappa shape index (κ1) is 15.1. The van der Waals surface area contributed by atoms with E-state index in [-0.39, 0.29) is 33.8 Å². The van der Waals surface area contributed by atoms with E-state index < -0.39 is 11.9 Å². The van der Waals surface area contributed by atoms with Gasteiger partial charge in [0.15, 0.2) is 0 Å². The Morgan fingerprint density at radius 2 is 1.07 bits per heavy atom. The first-order valence-corrected chi connectivity index (χ1v) is 3.18. The van der Waals surface area contributed by atoms with Crippen LogP contribution in [0.15, 0.2) is 24.3 Å². The number of benzene rings is 1. The van der Waals surface area contributed by atoms with Crippen LogP contribution in [-0.2, 0) is 16.5 Å². The predicted octanol–water partition coefficient (Wildman–Crippen LogP) is 1.80. The van der Waals surface area contributed by atoms with Gasteiger partial charge < -0.3 is 16.4 Å². The maximum Gasteiger partial charge on any atom is 0.335 e. The Kier molecular flexibility index (Phi) is 6.61. The maximum absolute atomic E-state index is 10.3. The molecule has 1 aromatic carbocycles. The molecule has 4 N–H and O–H groups in total. The van der Waals surface area contributed by atoms with Crippen molar-refractivity contribution in [2.75, 3.05) is 0 Å². The minimum absolute atomic E-state index is 0. The van der Waals surface area contributed by atoms with E-state index in [4.69, 9.17) is 10.2 Å². The topological polar surface area (TPSA) is 108 Å². The molecular weight excluding hydrogens is 233 g/mol. The van der Waals surface area contributed by atoms with Crippen molar-refractivity contribution in [2.45, 2.75) is 0 Å². The minimum atomic E-state index is -1.06. The third kappa shape index (κ3) is 3.55. The molecule has 0 radical (unpaired) electrons. The van der Waals surface area contributed by atoms with Crippen molar-refractivity contribution in [2.24, 2.45) is 0 Å². The van der Waals surface area contributed by atoms with E-state index in [1.165, 1.54) is 24.3 Å². The van der Waals surface area contributed by atoms with Gasteiger partial charge in [-0.25, -0.2) is 9.59 Å². The number of carbonyl (C=O) groups is 2. The molecule has 0 bridgehead atoms. The van der Waals surface area contributed by atoms with Gasteiger partial charge in [0.05, 0.1) is 11.1 Å². The van der Waals surface area contributed by atoms with E-state index in [9.17, 15) is 9.59 Å². The molecule has 14 heavy (non-hydrogen) atoms. The number of rotatable bonds is 2. The summed E-state index contributed by atoms with van der Waals surface area (Å²) in [6, 6.07) is 5.02. The summed E-state index contributed by atoms with van der Waals surface area (Å²) in [4.78, 5) is 20.7. The Labute approximate surface area is 90.3 Å². The Morgan fingerprint density at radius 1 is 0.857 bits per heavy atom. The monoisotopic (exact) mass is 240 g/mol. The second kappa shape index (κ2) is 6.13. The summed E-state index contributed by atoms with van der Waals surface area (Å²) >= 11 is 0. The molecule has 0 spiro atoms. The van der Waals surface area contributed by atoms with Crippen LogP contribution in [0.2, 0.25) is 0 Å². The quantitative estimate of drug-likeness (QED) is 0.769. The molecule has 0 heterocycles. The van der Waals surface area contributed by atoms with Crippen LogP contribution in [0.25, 0.3) is 6.15 Å². The fourth-order valence-electron chi connectivity index (χ4n) is 0.755. The van der Waals surface area contributed by atoms with Crippen molar-refractivity contribution in [3.63, 3.8) is 0 Å². The molecule has 0 aliphatic rings. The van der Waals surface area contributed by atoms with E-state index in [1.807, 2.05) is 0 Å². The van der Waals surface area contributed by atoms with Crippen LogP contribution in [0.4, 0.5) is 0 Å². The summed E-state index contributed by atoms with van der Waals surface area (Å²) in [6.07, 6.45) is 0. The summed E-state index contributed by atoms with van der Waals surface area (Å²) in [5.41, 5.74) is 0.167.